The van der Waals surface area contributed by atoms with Crippen molar-refractivity contribution in [3.8, 4) is 34.5 Å². The summed E-state index contributed by atoms with van der Waals surface area (Å²) in [7, 11) is 4.83. The first-order valence-electron chi connectivity index (χ1n) is 12.3. The summed E-state index contributed by atoms with van der Waals surface area (Å²) in [5.41, 5.74) is 4.52. The highest BCUT2D eigenvalue weighted by Crippen LogP contribution is 2.43. The lowest BCUT2D eigenvalue weighted by atomic mass is 9.84. The van der Waals surface area contributed by atoms with E-state index in [9.17, 15) is 15.3 Å². The van der Waals surface area contributed by atoms with Crippen LogP contribution in [0.15, 0.2) is 78.9 Å². The van der Waals surface area contributed by atoms with Gasteiger partial charge < -0.3 is 29.5 Å². The summed E-state index contributed by atoms with van der Waals surface area (Å²) in [5, 5.41) is 30.0. The van der Waals surface area contributed by atoms with Gasteiger partial charge in [-0.25, -0.2) is 0 Å². The lowest BCUT2D eigenvalue weighted by molar-refractivity contribution is 0.380. The van der Waals surface area contributed by atoms with Crippen LogP contribution in [0.25, 0.3) is 12.2 Å². The fourth-order valence-electron chi connectivity index (χ4n) is 4.54. The van der Waals surface area contributed by atoms with E-state index in [1.165, 1.54) is 0 Å². The van der Waals surface area contributed by atoms with Gasteiger partial charge in [0.25, 0.3) is 0 Å². The Bertz CT molecular complexity index is 1370. The second kappa shape index (κ2) is 12.1. The molecular weight excluding hydrogens is 480 g/mol. The topological polar surface area (TPSA) is 88.4 Å². The van der Waals surface area contributed by atoms with E-state index < -0.39 is 0 Å². The predicted molar refractivity (Wildman–Crippen MR) is 150 cm³/mol. The second-order valence-electron chi connectivity index (χ2n) is 8.94. The number of benzene rings is 4. The van der Waals surface area contributed by atoms with Crippen molar-refractivity contribution in [3.05, 3.63) is 107 Å². The van der Waals surface area contributed by atoms with Crippen LogP contribution < -0.4 is 14.2 Å². The van der Waals surface area contributed by atoms with E-state index in [4.69, 9.17) is 14.2 Å². The van der Waals surface area contributed by atoms with Crippen LogP contribution in [0.3, 0.4) is 0 Å². The monoisotopic (exact) mass is 512 g/mol. The van der Waals surface area contributed by atoms with Crippen LogP contribution in [0.1, 0.15) is 40.2 Å². The zero-order valence-electron chi connectivity index (χ0n) is 21.7. The number of phenolic OH excluding ortho intramolecular Hbond substituents is 3. The Morgan fingerprint density at radius 3 is 1.79 bits per heavy atom. The molecule has 0 aliphatic rings. The summed E-state index contributed by atoms with van der Waals surface area (Å²) in [6.45, 7) is 0. The summed E-state index contributed by atoms with van der Waals surface area (Å²) in [5.74, 6) is 2.39. The molecule has 196 valence electrons. The highest BCUT2D eigenvalue weighted by atomic mass is 16.5. The fourth-order valence-corrected chi connectivity index (χ4v) is 4.54. The Labute approximate surface area is 223 Å². The number of rotatable bonds is 10. The zero-order valence-corrected chi connectivity index (χ0v) is 21.7. The van der Waals surface area contributed by atoms with E-state index >= 15 is 0 Å². The number of aryl methyl sites for hydroxylation is 1. The van der Waals surface area contributed by atoms with Crippen molar-refractivity contribution in [3.63, 3.8) is 0 Å². The number of ether oxygens (including phenoxy) is 3. The van der Waals surface area contributed by atoms with Crippen LogP contribution in [0.2, 0.25) is 0 Å². The second-order valence-corrected chi connectivity index (χ2v) is 8.94. The summed E-state index contributed by atoms with van der Waals surface area (Å²) in [6, 6.07) is 23.3. The van der Waals surface area contributed by atoms with Crippen LogP contribution >= 0.6 is 0 Å². The molecule has 4 aromatic rings. The Kier molecular flexibility index (Phi) is 8.44. The van der Waals surface area contributed by atoms with Gasteiger partial charge in [-0.1, -0.05) is 42.5 Å². The van der Waals surface area contributed by atoms with Crippen molar-refractivity contribution < 1.29 is 29.5 Å². The molecule has 6 heteroatoms. The fraction of sp³-hybridized carbons (Fsp3) is 0.188. The standard InChI is InChI=1S/C32H32O6/c1-36-27-16-10-24(29(35)20-27)11-17-28(23-8-14-26(34)15-9-23)32-30(37-2)18-22(19-31(32)38-3)5-4-21-6-12-25(33)13-7-21/h4-10,12-16,18-20,28,33-35H,11,17H2,1-3H3/t28-/m1/s1. The van der Waals surface area contributed by atoms with Gasteiger partial charge in [-0.2, -0.15) is 0 Å². The first-order chi connectivity index (χ1) is 18.4. The number of aromatic hydroxyl groups is 3. The molecule has 0 aliphatic carbocycles. The number of methoxy groups -OCH3 is 3. The lowest BCUT2D eigenvalue weighted by Gasteiger charge is -2.24. The van der Waals surface area contributed by atoms with E-state index in [-0.39, 0.29) is 23.2 Å². The minimum atomic E-state index is -0.142. The smallest absolute Gasteiger partial charge is 0.126 e. The molecule has 0 spiro atoms. The SMILES string of the molecule is COc1ccc(CC[C@H](c2ccc(O)cc2)c2c(OC)cc(C=Cc3ccc(O)cc3)cc2OC)c(O)c1. The van der Waals surface area contributed by atoms with Gasteiger partial charge in [0, 0.05) is 17.5 Å². The Balaban J connectivity index is 1.73. The molecule has 0 bridgehead atoms. The van der Waals surface area contributed by atoms with Crippen molar-refractivity contribution in [2.75, 3.05) is 21.3 Å². The average Bonchev–Trinajstić information content (AvgIpc) is 2.94. The molecule has 0 saturated carbocycles. The van der Waals surface area contributed by atoms with Gasteiger partial charge in [0.2, 0.25) is 0 Å². The van der Waals surface area contributed by atoms with Crippen molar-refractivity contribution in [1.29, 1.82) is 0 Å². The molecule has 0 radical (unpaired) electrons. The highest BCUT2D eigenvalue weighted by molar-refractivity contribution is 5.72. The van der Waals surface area contributed by atoms with Crippen LogP contribution in [0.4, 0.5) is 0 Å². The molecule has 0 saturated heterocycles. The van der Waals surface area contributed by atoms with Crippen molar-refractivity contribution in [2.45, 2.75) is 18.8 Å². The maximum absolute atomic E-state index is 10.5. The molecule has 6 nitrogen and oxygen atoms in total. The number of phenols is 3. The molecule has 1 atom stereocenters. The largest absolute Gasteiger partial charge is 0.508 e. The molecule has 0 aromatic heterocycles. The first kappa shape index (κ1) is 26.5. The van der Waals surface area contributed by atoms with Gasteiger partial charge in [-0.3, -0.25) is 0 Å². The average molecular weight is 513 g/mol. The van der Waals surface area contributed by atoms with Gasteiger partial charge >= 0.3 is 0 Å². The van der Waals surface area contributed by atoms with Crippen molar-refractivity contribution in [1.82, 2.24) is 0 Å². The molecule has 0 fully saturated rings. The number of hydrogen-bond acceptors (Lipinski definition) is 6. The summed E-state index contributed by atoms with van der Waals surface area (Å²) in [4.78, 5) is 0. The van der Waals surface area contributed by atoms with Gasteiger partial charge in [0.15, 0.2) is 0 Å². The zero-order chi connectivity index (χ0) is 27.1. The number of hydrogen-bond donors (Lipinski definition) is 3. The van der Waals surface area contributed by atoms with Crippen molar-refractivity contribution in [2.24, 2.45) is 0 Å². The minimum Gasteiger partial charge on any atom is -0.508 e. The molecule has 0 aliphatic heterocycles. The minimum absolute atomic E-state index is 0.142. The van der Waals surface area contributed by atoms with Gasteiger partial charge in [-0.05, 0) is 77.6 Å². The molecule has 3 N–H and O–H groups in total. The van der Waals surface area contributed by atoms with Crippen LogP contribution in [0.5, 0.6) is 34.5 Å². The third kappa shape index (κ3) is 6.21. The Hall–Kier alpha value is -4.58. The van der Waals surface area contributed by atoms with E-state index in [0.29, 0.717) is 30.1 Å². The Morgan fingerprint density at radius 2 is 1.24 bits per heavy atom. The van der Waals surface area contributed by atoms with E-state index in [1.54, 1.807) is 51.7 Å². The van der Waals surface area contributed by atoms with Crippen LogP contribution in [-0.4, -0.2) is 36.6 Å². The van der Waals surface area contributed by atoms with E-state index in [1.807, 2.05) is 60.7 Å². The third-order valence-corrected chi connectivity index (χ3v) is 6.57. The third-order valence-electron chi connectivity index (χ3n) is 6.57. The molecular formula is C32H32O6. The van der Waals surface area contributed by atoms with Crippen LogP contribution in [0, 0.1) is 0 Å². The van der Waals surface area contributed by atoms with Crippen LogP contribution in [-0.2, 0) is 6.42 Å². The summed E-state index contributed by atoms with van der Waals surface area (Å²) >= 11 is 0. The van der Waals surface area contributed by atoms with Gasteiger partial charge in [-0.15, -0.1) is 0 Å². The Morgan fingerprint density at radius 1 is 0.658 bits per heavy atom. The predicted octanol–water partition coefficient (Wildman–Crippen LogP) is 6.76. The summed E-state index contributed by atoms with van der Waals surface area (Å²) in [6.07, 6.45) is 5.17. The molecule has 0 amide bonds. The quantitative estimate of drug-likeness (QED) is 0.203. The highest BCUT2D eigenvalue weighted by Gasteiger charge is 2.24. The molecule has 4 rings (SSSR count). The molecule has 4 aromatic carbocycles. The van der Waals surface area contributed by atoms with E-state index in [2.05, 4.69) is 0 Å². The maximum atomic E-state index is 10.5. The maximum Gasteiger partial charge on any atom is 0.126 e. The van der Waals surface area contributed by atoms with Gasteiger partial charge in [0.05, 0.1) is 21.3 Å². The normalized spacial score (nSPS) is 11.9. The van der Waals surface area contributed by atoms with Crippen molar-refractivity contribution >= 4 is 12.2 Å². The first-order valence-corrected chi connectivity index (χ1v) is 12.3. The van der Waals surface area contributed by atoms with E-state index in [0.717, 1.165) is 27.8 Å². The lowest BCUT2D eigenvalue weighted by Crippen LogP contribution is -2.08. The summed E-state index contributed by atoms with van der Waals surface area (Å²) < 4.78 is 16.9. The molecule has 0 heterocycles. The molecule has 0 unspecified atom stereocenters. The van der Waals surface area contributed by atoms with Gasteiger partial charge in [0.1, 0.15) is 34.5 Å². The molecule has 38 heavy (non-hydrogen) atoms.